The number of rotatable bonds is 6. The van der Waals surface area contributed by atoms with Gasteiger partial charge in [0.05, 0.1) is 14.2 Å². The minimum atomic E-state index is -0.874. The summed E-state index contributed by atoms with van der Waals surface area (Å²) in [7, 11) is 2.47. The average molecular weight is 224 g/mol. The van der Waals surface area contributed by atoms with Gasteiger partial charge in [-0.2, -0.15) is 0 Å². The summed E-state index contributed by atoms with van der Waals surface area (Å²) in [4.78, 5) is 22.5. The van der Waals surface area contributed by atoms with Gasteiger partial charge in [-0.15, -0.1) is 6.42 Å². The van der Waals surface area contributed by atoms with Crippen molar-refractivity contribution < 1.29 is 19.1 Å². The second kappa shape index (κ2) is 7.52. The molecule has 0 aromatic heterocycles. The first-order valence-corrected chi connectivity index (χ1v) is 4.86. The molecule has 0 rings (SSSR count). The van der Waals surface area contributed by atoms with Crippen LogP contribution in [-0.4, -0.2) is 26.2 Å². The van der Waals surface area contributed by atoms with E-state index in [0.29, 0.717) is 24.8 Å². The van der Waals surface area contributed by atoms with Crippen molar-refractivity contribution in [3.05, 3.63) is 12.2 Å². The van der Waals surface area contributed by atoms with E-state index in [4.69, 9.17) is 6.42 Å². The van der Waals surface area contributed by atoms with Crippen molar-refractivity contribution in [2.24, 2.45) is 5.92 Å². The summed E-state index contributed by atoms with van der Waals surface area (Å²) in [5.41, 5.74) is 0.647. The van der Waals surface area contributed by atoms with E-state index in [2.05, 4.69) is 22.0 Å². The lowest BCUT2D eigenvalue weighted by Crippen LogP contribution is -2.26. The van der Waals surface area contributed by atoms with Crippen LogP contribution in [0.25, 0.3) is 0 Å². The number of methoxy groups -OCH3 is 2. The van der Waals surface area contributed by atoms with Crippen LogP contribution in [0.15, 0.2) is 12.2 Å². The summed E-state index contributed by atoms with van der Waals surface area (Å²) in [5.74, 6) is 0.354. The Labute approximate surface area is 95.6 Å². The van der Waals surface area contributed by atoms with Crippen molar-refractivity contribution in [1.29, 1.82) is 0 Å². The maximum absolute atomic E-state index is 11.3. The highest BCUT2D eigenvalue weighted by atomic mass is 16.5. The molecular formula is C12H16O4. The predicted octanol–water partition coefficient (Wildman–Crippen LogP) is 1.31. The maximum Gasteiger partial charge on any atom is 0.320 e. The van der Waals surface area contributed by atoms with Crippen molar-refractivity contribution in [3.8, 4) is 12.3 Å². The van der Waals surface area contributed by atoms with Gasteiger partial charge in [-0.05, 0) is 24.8 Å². The second-order valence-corrected chi connectivity index (χ2v) is 3.24. The molecule has 0 aromatic rings. The first-order valence-electron chi connectivity index (χ1n) is 4.86. The summed E-state index contributed by atoms with van der Waals surface area (Å²) in [6.07, 6.45) is 6.65. The van der Waals surface area contributed by atoms with Crippen LogP contribution in [0.2, 0.25) is 0 Å². The lowest BCUT2D eigenvalue weighted by atomic mass is 10.0. The zero-order valence-electron chi connectivity index (χ0n) is 9.62. The van der Waals surface area contributed by atoms with Crippen LogP contribution in [0.3, 0.4) is 0 Å². The Morgan fingerprint density at radius 1 is 1.31 bits per heavy atom. The second-order valence-electron chi connectivity index (χ2n) is 3.24. The minimum absolute atomic E-state index is 0.347. The van der Waals surface area contributed by atoms with Crippen LogP contribution in [0.1, 0.15) is 19.3 Å². The zero-order valence-corrected chi connectivity index (χ0v) is 9.62. The molecule has 0 bridgehead atoms. The number of allylic oxidation sites excluding steroid dienone is 1. The minimum Gasteiger partial charge on any atom is -0.468 e. The van der Waals surface area contributed by atoms with Gasteiger partial charge in [0, 0.05) is 0 Å². The molecule has 0 spiro atoms. The third-order valence-corrected chi connectivity index (χ3v) is 2.15. The average Bonchev–Trinajstić information content (AvgIpc) is 2.32. The highest BCUT2D eigenvalue weighted by Gasteiger charge is 2.27. The van der Waals surface area contributed by atoms with Crippen molar-refractivity contribution in [2.75, 3.05) is 14.2 Å². The maximum atomic E-state index is 11.3. The fraction of sp³-hybridized carbons (Fsp3) is 0.500. The molecule has 4 heteroatoms. The van der Waals surface area contributed by atoms with E-state index < -0.39 is 17.9 Å². The molecule has 0 aliphatic heterocycles. The Balaban J connectivity index is 4.24. The predicted molar refractivity (Wildman–Crippen MR) is 59.3 cm³/mol. The molecule has 88 valence electrons. The van der Waals surface area contributed by atoms with Gasteiger partial charge in [0.2, 0.25) is 0 Å². The monoisotopic (exact) mass is 224 g/mol. The van der Waals surface area contributed by atoms with Crippen molar-refractivity contribution in [3.63, 3.8) is 0 Å². The Morgan fingerprint density at radius 3 is 2.19 bits per heavy atom. The van der Waals surface area contributed by atoms with Gasteiger partial charge in [0.1, 0.15) is 0 Å². The van der Waals surface area contributed by atoms with Gasteiger partial charge in [0.15, 0.2) is 5.92 Å². The summed E-state index contributed by atoms with van der Waals surface area (Å²) in [6, 6.07) is 0. The molecule has 0 saturated carbocycles. The van der Waals surface area contributed by atoms with Crippen molar-refractivity contribution in [2.45, 2.75) is 19.3 Å². The van der Waals surface area contributed by atoms with E-state index in [1.807, 2.05) is 0 Å². The molecule has 0 saturated heterocycles. The first kappa shape index (κ1) is 14.2. The van der Waals surface area contributed by atoms with E-state index >= 15 is 0 Å². The molecule has 0 radical (unpaired) electrons. The molecule has 0 aliphatic carbocycles. The van der Waals surface area contributed by atoms with Crippen LogP contribution in [0, 0.1) is 18.3 Å². The third kappa shape index (κ3) is 4.65. The molecule has 0 unspecified atom stereocenters. The largest absolute Gasteiger partial charge is 0.468 e. The Hall–Kier alpha value is -1.76. The van der Waals surface area contributed by atoms with Gasteiger partial charge in [0.25, 0.3) is 0 Å². The molecule has 0 N–H and O–H groups in total. The molecule has 0 fully saturated rings. The zero-order chi connectivity index (χ0) is 12.6. The van der Waals surface area contributed by atoms with Crippen LogP contribution in [0.5, 0.6) is 0 Å². The summed E-state index contributed by atoms with van der Waals surface area (Å²) < 4.78 is 9.03. The lowest BCUT2D eigenvalue weighted by molar-refractivity contribution is -0.159. The topological polar surface area (TPSA) is 52.6 Å². The van der Waals surface area contributed by atoms with Gasteiger partial charge in [-0.1, -0.05) is 12.5 Å². The van der Waals surface area contributed by atoms with E-state index in [1.165, 1.54) is 14.2 Å². The number of carbonyl (C=O) groups is 2. The standard InChI is InChI=1S/C12H16O4/c1-5-9(2)7-6-8-10(11(13)15-3)12(14)16-4/h1,10H,2,6-8H2,3-4H3. The highest BCUT2D eigenvalue weighted by Crippen LogP contribution is 2.14. The first-order chi connectivity index (χ1) is 7.56. The highest BCUT2D eigenvalue weighted by molar-refractivity contribution is 5.94. The molecular weight excluding hydrogens is 208 g/mol. The van der Waals surface area contributed by atoms with Crippen molar-refractivity contribution >= 4 is 11.9 Å². The number of esters is 2. The van der Waals surface area contributed by atoms with Crippen LogP contribution >= 0.6 is 0 Å². The fourth-order valence-corrected chi connectivity index (χ4v) is 1.21. The third-order valence-electron chi connectivity index (χ3n) is 2.15. The van der Waals surface area contributed by atoms with E-state index in [9.17, 15) is 9.59 Å². The fourth-order valence-electron chi connectivity index (χ4n) is 1.21. The lowest BCUT2D eigenvalue weighted by Gasteiger charge is -2.11. The van der Waals surface area contributed by atoms with Crippen LogP contribution in [-0.2, 0) is 19.1 Å². The smallest absolute Gasteiger partial charge is 0.320 e. The number of carbonyl (C=O) groups excluding carboxylic acids is 2. The van der Waals surface area contributed by atoms with Gasteiger partial charge >= 0.3 is 11.9 Å². The van der Waals surface area contributed by atoms with Crippen LogP contribution in [0.4, 0.5) is 0 Å². The van der Waals surface area contributed by atoms with Gasteiger partial charge in [-0.25, -0.2) is 0 Å². The van der Waals surface area contributed by atoms with Crippen molar-refractivity contribution in [1.82, 2.24) is 0 Å². The SMILES string of the molecule is C#CC(=C)CCCC(C(=O)OC)C(=O)OC. The Morgan fingerprint density at radius 2 is 1.81 bits per heavy atom. The molecule has 0 amide bonds. The molecule has 0 aromatic carbocycles. The summed E-state index contributed by atoms with van der Waals surface area (Å²) >= 11 is 0. The normalized spacial score (nSPS) is 9.38. The number of terminal acetylenes is 1. The van der Waals surface area contributed by atoms with E-state index in [0.717, 1.165) is 0 Å². The van der Waals surface area contributed by atoms with Gasteiger partial charge < -0.3 is 9.47 Å². The number of ether oxygens (including phenoxy) is 2. The van der Waals surface area contributed by atoms with Crippen LogP contribution < -0.4 is 0 Å². The molecule has 16 heavy (non-hydrogen) atoms. The van der Waals surface area contributed by atoms with E-state index in [-0.39, 0.29) is 0 Å². The Bertz CT molecular complexity index is 295. The van der Waals surface area contributed by atoms with Gasteiger partial charge in [-0.3, -0.25) is 9.59 Å². The number of hydrogen-bond acceptors (Lipinski definition) is 4. The Kier molecular flexibility index (Phi) is 6.69. The molecule has 4 nitrogen and oxygen atoms in total. The summed E-state index contributed by atoms with van der Waals surface area (Å²) in [6.45, 7) is 3.63. The molecule has 0 atom stereocenters. The number of hydrogen-bond donors (Lipinski definition) is 0. The van der Waals surface area contributed by atoms with E-state index in [1.54, 1.807) is 0 Å². The summed E-state index contributed by atoms with van der Waals surface area (Å²) in [5, 5.41) is 0. The quantitative estimate of drug-likeness (QED) is 0.388. The molecule has 0 heterocycles. The molecule has 0 aliphatic rings.